The number of aliphatic carboxylic acids is 1. The van der Waals surface area contributed by atoms with Gasteiger partial charge in [-0.05, 0) is 69.3 Å². The molecule has 0 aliphatic heterocycles. The number of nitrogens with two attached hydrogens (primary N) is 2. The van der Waals surface area contributed by atoms with Crippen molar-refractivity contribution in [2.24, 2.45) is 11.6 Å². The lowest BCUT2D eigenvalue weighted by Crippen LogP contribution is -2.31. The number of nitrogens with one attached hydrogen (secondary N) is 4. The van der Waals surface area contributed by atoms with E-state index in [9.17, 15) is 53.3 Å². The lowest BCUT2D eigenvalue weighted by molar-refractivity contribution is -0.384. The first kappa shape index (κ1) is 111. The van der Waals surface area contributed by atoms with Crippen molar-refractivity contribution in [3.63, 3.8) is 0 Å². The van der Waals surface area contributed by atoms with Gasteiger partial charge >= 0.3 is 18.2 Å². The van der Waals surface area contributed by atoms with Gasteiger partial charge in [-0.2, -0.15) is 12.6 Å². The predicted octanol–water partition coefficient (Wildman–Crippen LogP) is 5.24. The van der Waals surface area contributed by atoms with Crippen LogP contribution >= 0.6 is 47.9 Å². The number of amides is 4. The van der Waals surface area contributed by atoms with E-state index < -0.39 is 23.1 Å². The van der Waals surface area contributed by atoms with Gasteiger partial charge in [0.25, 0.3) is 5.69 Å². The molecule has 0 bridgehead atoms. The van der Waals surface area contributed by atoms with Crippen molar-refractivity contribution in [2.45, 2.75) is 124 Å². The van der Waals surface area contributed by atoms with Gasteiger partial charge in [-0.3, -0.25) is 49.1 Å². The minimum atomic E-state index is -0.933. The van der Waals surface area contributed by atoms with E-state index in [1.165, 1.54) is 59.6 Å². The van der Waals surface area contributed by atoms with Crippen LogP contribution in [0.15, 0.2) is 24.3 Å². The van der Waals surface area contributed by atoms with Crippen LogP contribution in [-0.4, -0.2) is 306 Å². The molecule has 0 aliphatic carbocycles. The lowest BCUT2D eigenvalue weighted by atomic mass is 10.2. The Morgan fingerprint density at radius 1 is 0.418 bits per heavy atom. The van der Waals surface area contributed by atoms with E-state index in [2.05, 4.69) is 33.3 Å². The SMILES string of the molecule is CC(=O)SCCCCCC(=O)NCCOCCOCCOCCO.CC(=O)SCCCCCC(=O)NCCOCCOCCOCCOC(=O)Oc1ccc([N+](=O)[O-])cc1.CC(=O)SCCCCCC(=O)O.NCCOCCOCCOCCO.NNC(=O)OCCOCCOCCOCCNC(=O)CCCCCS. The number of thiol groups is 1. The summed E-state index contributed by atoms with van der Waals surface area (Å²) in [6.07, 6.45) is 11.1. The second kappa shape index (κ2) is 92.7. The molecule has 1 aromatic rings. The number of thioether (sulfide) groups is 3. The summed E-state index contributed by atoms with van der Waals surface area (Å²) >= 11 is 8.08. The smallest absolute Gasteiger partial charge is 0.481 e. The highest BCUT2D eigenvalue weighted by molar-refractivity contribution is 8.14. The Balaban J connectivity index is -0.000000674. The Kier molecular flexibility index (Phi) is 93.6. The maximum absolute atomic E-state index is 11.7. The molecule has 0 radical (unpaired) electrons. The number of nitro groups is 1. The van der Waals surface area contributed by atoms with Gasteiger partial charge in [0.2, 0.25) is 17.7 Å². The predicted molar refractivity (Wildman–Crippen MR) is 421 cm³/mol. The Labute approximate surface area is 666 Å². The molecule has 36 nitrogen and oxygen atoms in total. The molecule has 110 heavy (non-hydrogen) atoms. The highest BCUT2D eigenvalue weighted by Gasteiger charge is 2.11. The topological polar surface area (TPSA) is 496 Å². The highest BCUT2D eigenvalue weighted by Crippen LogP contribution is 2.18. The maximum Gasteiger partial charge on any atom is 0.513 e. The molecule has 0 saturated carbocycles. The van der Waals surface area contributed by atoms with E-state index in [0.717, 1.165) is 93.6 Å². The summed E-state index contributed by atoms with van der Waals surface area (Å²) in [4.78, 5) is 109. The van der Waals surface area contributed by atoms with E-state index in [1.54, 1.807) is 20.8 Å². The number of carboxylic acid groups (broad SMARTS) is 1. The van der Waals surface area contributed by atoms with Crippen molar-refractivity contribution in [1.29, 1.82) is 0 Å². The largest absolute Gasteiger partial charge is 0.513 e. The van der Waals surface area contributed by atoms with Crippen molar-refractivity contribution < 1.29 is 134 Å². The number of hydrogen-bond acceptors (Lipinski definition) is 34. The molecule has 0 fully saturated rings. The Morgan fingerprint density at radius 2 is 0.718 bits per heavy atom. The summed E-state index contributed by atoms with van der Waals surface area (Å²) in [7, 11) is 0. The van der Waals surface area contributed by atoms with Crippen LogP contribution in [0.2, 0.25) is 0 Å². The van der Waals surface area contributed by atoms with E-state index in [1.807, 2.05) is 5.43 Å². The molecule has 1 rings (SSSR count). The monoisotopic (exact) mass is 1660 g/mol. The minimum absolute atomic E-state index is 0.00481. The number of ether oxygens (including phenoxy) is 15. The van der Waals surface area contributed by atoms with Gasteiger partial charge < -0.3 is 108 Å². The molecule has 0 unspecified atom stereocenters. The first-order valence-corrected chi connectivity index (χ1v) is 40.5. The number of rotatable bonds is 70. The second-order valence-corrected chi connectivity index (χ2v) is 26.5. The molecule has 11 N–H and O–H groups in total. The summed E-state index contributed by atoms with van der Waals surface area (Å²) in [6.45, 7) is 17.1. The van der Waals surface area contributed by atoms with Crippen LogP contribution in [0.25, 0.3) is 0 Å². The zero-order chi connectivity index (χ0) is 82.1. The molecule has 0 aromatic heterocycles. The third kappa shape index (κ3) is 101. The van der Waals surface area contributed by atoms with E-state index in [4.69, 9.17) is 93.2 Å². The number of benzene rings is 1. The van der Waals surface area contributed by atoms with Crippen LogP contribution in [0.1, 0.15) is 124 Å². The highest BCUT2D eigenvalue weighted by atomic mass is 32.2. The Bertz CT molecular complexity index is 2320. The molecule has 0 saturated heterocycles. The van der Waals surface area contributed by atoms with Gasteiger partial charge in [0, 0.05) is 102 Å². The van der Waals surface area contributed by atoms with Crippen LogP contribution in [-0.2, 0) is 99.9 Å². The lowest BCUT2D eigenvalue weighted by Gasteiger charge is -2.08. The number of unbranched alkanes of at least 4 members (excludes halogenated alkanes) is 8. The van der Waals surface area contributed by atoms with Crippen molar-refractivity contribution in [1.82, 2.24) is 21.4 Å². The maximum atomic E-state index is 11.7. The Hall–Kier alpha value is -5.19. The summed E-state index contributed by atoms with van der Waals surface area (Å²) in [6, 6.07) is 5.05. The molecule has 642 valence electrons. The molecule has 4 amide bonds. The van der Waals surface area contributed by atoms with Crippen LogP contribution in [0, 0.1) is 10.1 Å². The number of aliphatic hydroxyl groups is 2. The van der Waals surface area contributed by atoms with Crippen molar-refractivity contribution in [3.8, 4) is 5.75 Å². The number of carbonyl (C=O) groups is 9. The first-order valence-electron chi connectivity index (χ1n) is 36.9. The van der Waals surface area contributed by atoms with Gasteiger partial charge in [-0.1, -0.05) is 61.0 Å². The quantitative estimate of drug-likeness (QED) is 0.00582. The summed E-state index contributed by atoms with van der Waals surface area (Å²) < 4.78 is 77.1. The van der Waals surface area contributed by atoms with Crippen LogP contribution in [0.3, 0.4) is 0 Å². The Morgan fingerprint density at radius 3 is 1.02 bits per heavy atom. The third-order valence-electron chi connectivity index (χ3n) is 12.8. The molecule has 1 aromatic carbocycles. The van der Waals surface area contributed by atoms with Crippen molar-refractivity contribution >= 4 is 105 Å². The van der Waals surface area contributed by atoms with Gasteiger partial charge in [-0.25, -0.2) is 15.4 Å². The normalized spacial score (nSPS) is 10.5. The minimum Gasteiger partial charge on any atom is -0.481 e. The van der Waals surface area contributed by atoms with Gasteiger partial charge in [0.1, 0.15) is 19.0 Å². The molecule has 0 heterocycles. The summed E-state index contributed by atoms with van der Waals surface area (Å²) in [5, 5.41) is 44.6. The number of hydrogen-bond donors (Lipinski definition) is 10. The second-order valence-electron chi connectivity index (χ2n) is 22.2. The molecule has 40 heteroatoms. The zero-order valence-corrected chi connectivity index (χ0v) is 68.2. The molecule has 0 aliphatic rings. The first-order chi connectivity index (χ1) is 53.3. The average Bonchev–Trinajstić information content (AvgIpc) is 0.891. The molecular weight excluding hydrogens is 1530 g/mol. The molecule has 0 spiro atoms. The van der Waals surface area contributed by atoms with E-state index in [0.29, 0.717) is 197 Å². The zero-order valence-electron chi connectivity index (χ0n) is 64.8. The number of non-ortho nitro benzene ring substituents is 1. The average molecular weight is 1660 g/mol. The fraction of sp³-hybridized carbons (Fsp3) is 0.786. The molecule has 0 atom stereocenters. The van der Waals surface area contributed by atoms with Crippen LogP contribution in [0.5, 0.6) is 5.75 Å². The van der Waals surface area contributed by atoms with Gasteiger partial charge in [-0.15, -0.1) is 0 Å². The van der Waals surface area contributed by atoms with Gasteiger partial charge in [0.05, 0.1) is 177 Å². The fourth-order valence-corrected chi connectivity index (χ4v) is 9.65. The summed E-state index contributed by atoms with van der Waals surface area (Å²) in [5.41, 5.74) is 6.95. The standard InChI is InChI=1S/C23H34N2O10S.C16H31NO6S.C15H31N3O6S.C8H19NO4.C8H14O3S/c1-19(26)36-18-4-2-3-5-22(27)24-10-11-31-12-13-32-14-15-33-16-17-34-23(28)35-21-8-6-20(7-9-21)25(29)30;1-15(19)24-14-4-2-3-5-16(20)17-6-8-21-10-12-23-13-11-22-9-7-18;16-18-15(20)24-12-11-23-10-9-22-8-7-21-6-5-17-14(19)4-2-1-3-13-25;9-1-3-11-5-7-13-8-6-12-4-2-10;1-7(9)12-6-4-2-3-5-8(10)11/h6-9H,2-5,10-18H2,1H3,(H,24,27);18H,2-14H2,1H3,(H,17,20);25H,1-13,16H2,(H,17,19)(H,18,20);10H,1-9H2;2-6H2,1H3,(H,10,11). The number of hydrazine groups is 1. The van der Waals surface area contributed by atoms with E-state index >= 15 is 0 Å². The number of nitrogens with zero attached hydrogens (tertiary/aromatic N) is 1. The number of carboxylic acids is 1. The van der Waals surface area contributed by atoms with Crippen molar-refractivity contribution in [2.75, 3.05) is 234 Å². The third-order valence-corrected chi connectivity index (χ3v) is 15.8. The van der Waals surface area contributed by atoms with Crippen LogP contribution in [0.4, 0.5) is 15.3 Å². The summed E-state index contributed by atoms with van der Waals surface area (Å²) in [5.74, 6) is 7.64. The van der Waals surface area contributed by atoms with E-state index in [-0.39, 0.29) is 90.6 Å². The van der Waals surface area contributed by atoms with Crippen molar-refractivity contribution in [3.05, 3.63) is 34.4 Å². The molecular formula is C70H129N7O29S4. The fourth-order valence-electron chi connectivity index (χ4n) is 7.52. The number of carbonyl (C=O) groups excluding carboxylic acids is 8. The number of nitro benzene ring substituents is 1. The number of aliphatic hydroxyl groups excluding tert-OH is 2. The van der Waals surface area contributed by atoms with Crippen LogP contribution < -0.4 is 37.7 Å². The van der Waals surface area contributed by atoms with Gasteiger partial charge in [0.15, 0.2) is 15.3 Å².